The largest absolute Gasteiger partial charge is 0.309 e. The number of para-hydroxylation sites is 2. The molecule has 0 saturated heterocycles. The van der Waals surface area contributed by atoms with Crippen LogP contribution in [0.15, 0.2) is 243 Å². The van der Waals surface area contributed by atoms with E-state index in [9.17, 15) is 0 Å². The average molecular weight is 789 g/mol. The summed E-state index contributed by atoms with van der Waals surface area (Å²) in [6, 6.07) is 88.4. The van der Waals surface area contributed by atoms with Crippen molar-refractivity contribution in [3.8, 4) is 67.0 Å². The van der Waals surface area contributed by atoms with Gasteiger partial charge in [-0.25, -0.2) is 0 Å². The average Bonchev–Trinajstić information content (AvgIpc) is 3.87. The molecule has 2 heteroatoms. The molecule has 0 radical (unpaired) electrons. The molecular formula is C60H40N2. The predicted molar refractivity (Wildman–Crippen MR) is 262 cm³/mol. The van der Waals surface area contributed by atoms with Gasteiger partial charge in [0.05, 0.1) is 22.1 Å². The molecule has 0 aliphatic rings. The Morgan fingerprint density at radius 3 is 1.15 bits per heavy atom. The summed E-state index contributed by atoms with van der Waals surface area (Å²) < 4.78 is 4.85. The van der Waals surface area contributed by atoms with Crippen LogP contribution in [0.5, 0.6) is 0 Å². The Bertz CT molecular complexity index is 3610. The Morgan fingerprint density at radius 2 is 0.597 bits per heavy atom. The van der Waals surface area contributed by atoms with Gasteiger partial charge in [0, 0.05) is 32.9 Å². The van der Waals surface area contributed by atoms with E-state index < -0.39 is 0 Å². The van der Waals surface area contributed by atoms with Crippen molar-refractivity contribution in [3.63, 3.8) is 0 Å². The third-order valence-corrected chi connectivity index (χ3v) is 12.5. The van der Waals surface area contributed by atoms with Gasteiger partial charge in [-0.2, -0.15) is 0 Å². The van der Waals surface area contributed by atoms with E-state index in [1.165, 1.54) is 99.2 Å². The third kappa shape index (κ3) is 5.96. The lowest BCUT2D eigenvalue weighted by molar-refractivity contribution is 1.18. The van der Waals surface area contributed by atoms with Crippen molar-refractivity contribution in [2.24, 2.45) is 0 Å². The summed E-state index contributed by atoms with van der Waals surface area (Å²) in [7, 11) is 0. The number of benzene rings is 10. The number of nitrogens with zero attached hydrogens (tertiary/aromatic N) is 2. The predicted octanol–water partition coefficient (Wildman–Crippen LogP) is 16.2. The van der Waals surface area contributed by atoms with Crippen LogP contribution in [0, 0.1) is 0 Å². The van der Waals surface area contributed by atoms with Gasteiger partial charge in [0.1, 0.15) is 0 Å². The van der Waals surface area contributed by atoms with E-state index in [1.807, 2.05) is 0 Å². The lowest BCUT2D eigenvalue weighted by Gasteiger charge is -2.15. The minimum absolute atomic E-state index is 1.14. The highest BCUT2D eigenvalue weighted by molar-refractivity contribution is 6.13. The van der Waals surface area contributed by atoms with Crippen molar-refractivity contribution < 1.29 is 0 Å². The van der Waals surface area contributed by atoms with Gasteiger partial charge in [-0.05, 0) is 116 Å². The van der Waals surface area contributed by atoms with E-state index >= 15 is 0 Å². The molecule has 62 heavy (non-hydrogen) atoms. The number of aromatic nitrogens is 2. The van der Waals surface area contributed by atoms with Gasteiger partial charge in [-0.15, -0.1) is 0 Å². The molecule has 0 fully saturated rings. The van der Waals surface area contributed by atoms with E-state index in [0.717, 1.165) is 11.4 Å². The maximum Gasteiger partial charge on any atom is 0.0541 e. The molecule has 2 aromatic heterocycles. The molecule has 0 aliphatic heterocycles. The second-order valence-electron chi connectivity index (χ2n) is 16.1. The first-order chi connectivity index (χ1) is 30.8. The first-order valence-corrected chi connectivity index (χ1v) is 21.3. The molecule has 12 aromatic rings. The van der Waals surface area contributed by atoms with Crippen molar-refractivity contribution >= 4 is 43.6 Å². The van der Waals surface area contributed by atoms with Gasteiger partial charge in [-0.3, -0.25) is 0 Å². The Balaban J connectivity index is 0.982. The molecular weight excluding hydrogens is 749 g/mol. The molecule has 12 rings (SSSR count). The molecule has 0 aliphatic carbocycles. The number of hydrogen-bond acceptors (Lipinski definition) is 0. The molecule has 0 saturated carbocycles. The van der Waals surface area contributed by atoms with Crippen LogP contribution in [-0.4, -0.2) is 9.13 Å². The summed E-state index contributed by atoms with van der Waals surface area (Å²) in [5.41, 5.74) is 19.2. The lowest BCUT2D eigenvalue weighted by Crippen LogP contribution is -1.96. The van der Waals surface area contributed by atoms with E-state index in [-0.39, 0.29) is 0 Å². The molecule has 0 unspecified atom stereocenters. The highest BCUT2D eigenvalue weighted by Crippen LogP contribution is 2.41. The van der Waals surface area contributed by atoms with E-state index in [2.05, 4.69) is 252 Å². The van der Waals surface area contributed by atoms with Gasteiger partial charge in [0.25, 0.3) is 0 Å². The lowest BCUT2D eigenvalue weighted by atomic mass is 9.94. The highest BCUT2D eigenvalue weighted by atomic mass is 15.0. The van der Waals surface area contributed by atoms with Crippen LogP contribution in [0.4, 0.5) is 0 Å². The van der Waals surface area contributed by atoms with Gasteiger partial charge < -0.3 is 9.13 Å². The summed E-state index contributed by atoms with van der Waals surface area (Å²) in [4.78, 5) is 0. The molecule has 0 amide bonds. The maximum absolute atomic E-state index is 2.43. The third-order valence-electron chi connectivity index (χ3n) is 12.5. The van der Waals surface area contributed by atoms with Crippen molar-refractivity contribution in [1.29, 1.82) is 0 Å². The van der Waals surface area contributed by atoms with Crippen molar-refractivity contribution in [1.82, 2.24) is 9.13 Å². The minimum atomic E-state index is 1.14. The molecule has 0 spiro atoms. The zero-order valence-electron chi connectivity index (χ0n) is 34.0. The second-order valence-corrected chi connectivity index (χ2v) is 16.1. The van der Waals surface area contributed by atoms with Crippen LogP contribution < -0.4 is 0 Å². The zero-order valence-corrected chi connectivity index (χ0v) is 34.0. The second kappa shape index (κ2) is 14.8. The quantitative estimate of drug-likeness (QED) is 0.152. The Kier molecular flexibility index (Phi) is 8.53. The standard InChI is InChI=1S/C60H40N2/c1-4-17-41(18-5-1)49-25-10-11-26-50(49)46-23-16-24-47(37-46)61-57-29-14-12-27-52(57)55-38-44(31-35-59(55)61)45-32-36-60-56(39-45)53-28-13-15-30-58(53)62(60)48-33-34-51(42-19-6-2-7-20-42)54(40-48)43-21-8-3-9-22-43/h1-40H. The van der Waals surface area contributed by atoms with Crippen LogP contribution in [0.3, 0.4) is 0 Å². The van der Waals surface area contributed by atoms with Crippen LogP contribution >= 0.6 is 0 Å². The fourth-order valence-corrected chi connectivity index (χ4v) is 9.68. The first kappa shape index (κ1) is 35.7. The van der Waals surface area contributed by atoms with Crippen molar-refractivity contribution in [3.05, 3.63) is 243 Å². The Hall–Kier alpha value is -8.20. The van der Waals surface area contributed by atoms with Crippen LogP contribution in [0.1, 0.15) is 0 Å². The summed E-state index contributed by atoms with van der Waals surface area (Å²) in [5.74, 6) is 0. The van der Waals surface area contributed by atoms with E-state index in [1.54, 1.807) is 0 Å². The molecule has 0 atom stereocenters. The van der Waals surface area contributed by atoms with Crippen LogP contribution in [-0.2, 0) is 0 Å². The van der Waals surface area contributed by atoms with Gasteiger partial charge in [0.2, 0.25) is 0 Å². The summed E-state index contributed by atoms with van der Waals surface area (Å²) in [6.45, 7) is 0. The summed E-state index contributed by atoms with van der Waals surface area (Å²) in [5, 5.41) is 4.96. The molecule has 0 bridgehead atoms. The van der Waals surface area contributed by atoms with Crippen molar-refractivity contribution in [2.75, 3.05) is 0 Å². The normalized spacial score (nSPS) is 11.5. The molecule has 2 heterocycles. The fourth-order valence-electron chi connectivity index (χ4n) is 9.68. The number of rotatable bonds is 7. The van der Waals surface area contributed by atoms with E-state index in [4.69, 9.17) is 0 Å². The fraction of sp³-hybridized carbons (Fsp3) is 0. The van der Waals surface area contributed by atoms with Gasteiger partial charge in [0.15, 0.2) is 0 Å². The van der Waals surface area contributed by atoms with Crippen molar-refractivity contribution in [2.45, 2.75) is 0 Å². The SMILES string of the molecule is c1ccc(-c2ccccc2-c2cccc(-n3c4ccccc4c4cc(-c5ccc6c(c5)c5ccccc5n6-c5ccc(-c6ccccc6)c(-c6ccccc6)c5)ccc43)c2)cc1. The number of hydrogen-bond donors (Lipinski definition) is 0. The summed E-state index contributed by atoms with van der Waals surface area (Å²) in [6.07, 6.45) is 0. The Labute approximate surface area is 360 Å². The molecule has 10 aromatic carbocycles. The highest BCUT2D eigenvalue weighted by Gasteiger charge is 2.18. The van der Waals surface area contributed by atoms with Crippen LogP contribution in [0.25, 0.3) is 111 Å². The first-order valence-electron chi connectivity index (χ1n) is 21.3. The zero-order chi connectivity index (χ0) is 41.0. The number of fused-ring (bicyclic) bond motifs is 6. The minimum Gasteiger partial charge on any atom is -0.309 e. The topological polar surface area (TPSA) is 9.86 Å². The van der Waals surface area contributed by atoms with Gasteiger partial charge >= 0.3 is 0 Å². The summed E-state index contributed by atoms with van der Waals surface area (Å²) >= 11 is 0. The smallest absolute Gasteiger partial charge is 0.0541 e. The molecule has 290 valence electrons. The van der Waals surface area contributed by atoms with E-state index in [0.29, 0.717) is 0 Å². The Morgan fingerprint density at radius 1 is 0.194 bits per heavy atom. The van der Waals surface area contributed by atoms with Gasteiger partial charge in [-0.1, -0.05) is 182 Å². The molecule has 2 nitrogen and oxygen atoms in total. The molecule has 0 N–H and O–H groups in total. The maximum atomic E-state index is 2.43. The van der Waals surface area contributed by atoms with Crippen LogP contribution in [0.2, 0.25) is 0 Å². The monoisotopic (exact) mass is 788 g/mol.